The molecule has 3 heteroatoms. The zero-order chi connectivity index (χ0) is 10.8. The molecule has 0 spiro atoms. The second kappa shape index (κ2) is 9.00. The van der Waals surface area contributed by atoms with E-state index in [0.29, 0.717) is 13.0 Å². The average molecular weight is 201 g/mol. The second-order valence-corrected chi connectivity index (χ2v) is 3.63. The second-order valence-electron chi connectivity index (χ2n) is 3.63. The summed E-state index contributed by atoms with van der Waals surface area (Å²) in [6.45, 7) is 8.67. The smallest absolute Gasteiger partial charge is 0.305 e. The van der Waals surface area contributed by atoms with Crippen LogP contribution in [0.2, 0.25) is 0 Å². The molecule has 0 aromatic rings. The minimum atomic E-state index is -0.0853. The van der Waals surface area contributed by atoms with E-state index in [1.54, 1.807) is 0 Å². The van der Waals surface area contributed by atoms with Crippen molar-refractivity contribution >= 4 is 5.97 Å². The number of carbonyl (C=O) groups excluding carboxylic acids is 1. The Morgan fingerprint density at radius 3 is 2.71 bits per heavy atom. The summed E-state index contributed by atoms with van der Waals surface area (Å²) in [6.07, 6.45) is 2.60. The van der Waals surface area contributed by atoms with Crippen molar-refractivity contribution in [3.05, 3.63) is 0 Å². The zero-order valence-corrected chi connectivity index (χ0v) is 9.64. The van der Waals surface area contributed by atoms with Gasteiger partial charge < -0.3 is 10.1 Å². The fourth-order valence-corrected chi connectivity index (χ4v) is 1.08. The van der Waals surface area contributed by atoms with E-state index in [-0.39, 0.29) is 5.97 Å². The molecule has 0 aromatic heterocycles. The number of rotatable bonds is 8. The Labute approximate surface area is 87.2 Å². The highest BCUT2D eigenvalue weighted by atomic mass is 16.5. The predicted molar refractivity (Wildman–Crippen MR) is 58.2 cm³/mol. The maximum absolute atomic E-state index is 10.9. The lowest BCUT2D eigenvalue weighted by molar-refractivity contribution is -0.143. The molecular weight excluding hydrogens is 178 g/mol. The van der Waals surface area contributed by atoms with Crippen LogP contribution in [-0.2, 0) is 9.53 Å². The first-order valence-electron chi connectivity index (χ1n) is 5.57. The van der Waals surface area contributed by atoms with E-state index in [2.05, 4.69) is 19.2 Å². The Balaban J connectivity index is 3.17. The van der Waals surface area contributed by atoms with Crippen LogP contribution in [0.15, 0.2) is 0 Å². The average Bonchev–Trinajstić information content (AvgIpc) is 2.17. The van der Waals surface area contributed by atoms with Gasteiger partial charge in [-0.3, -0.25) is 4.79 Å². The van der Waals surface area contributed by atoms with Crippen LogP contribution in [0.1, 0.15) is 40.0 Å². The van der Waals surface area contributed by atoms with Crippen molar-refractivity contribution < 1.29 is 9.53 Å². The minimum absolute atomic E-state index is 0.0853. The molecule has 0 aliphatic rings. The molecule has 0 rings (SSSR count). The van der Waals surface area contributed by atoms with Gasteiger partial charge in [-0.1, -0.05) is 20.3 Å². The topological polar surface area (TPSA) is 38.3 Å². The van der Waals surface area contributed by atoms with Crippen molar-refractivity contribution in [1.29, 1.82) is 0 Å². The van der Waals surface area contributed by atoms with Gasteiger partial charge >= 0.3 is 5.97 Å². The van der Waals surface area contributed by atoms with Crippen LogP contribution in [0.4, 0.5) is 0 Å². The van der Waals surface area contributed by atoms with E-state index in [0.717, 1.165) is 25.4 Å². The van der Waals surface area contributed by atoms with Crippen LogP contribution in [0.5, 0.6) is 0 Å². The molecule has 0 saturated carbocycles. The first-order valence-corrected chi connectivity index (χ1v) is 5.57. The van der Waals surface area contributed by atoms with Crippen LogP contribution in [0.3, 0.4) is 0 Å². The van der Waals surface area contributed by atoms with Gasteiger partial charge in [0.25, 0.3) is 0 Å². The quantitative estimate of drug-likeness (QED) is 0.482. The fraction of sp³-hybridized carbons (Fsp3) is 0.909. The van der Waals surface area contributed by atoms with Crippen LogP contribution >= 0.6 is 0 Å². The Hall–Kier alpha value is -0.570. The van der Waals surface area contributed by atoms with Crippen molar-refractivity contribution in [2.24, 2.45) is 5.92 Å². The van der Waals surface area contributed by atoms with E-state index in [4.69, 9.17) is 4.74 Å². The van der Waals surface area contributed by atoms with Gasteiger partial charge in [0.2, 0.25) is 0 Å². The Morgan fingerprint density at radius 2 is 2.14 bits per heavy atom. The Kier molecular flexibility index (Phi) is 8.64. The van der Waals surface area contributed by atoms with Crippen molar-refractivity contribution in [2.45, 2.75) is 40.0 Å². The monoisotopic (exact) mass is 201 g/mol. The summed E-state index contributed by atoms with van der Waals surface area (Å²) in [7, 11) is 0. The molecule has 84 valence electrons. The van der Waals surface area contributed by atoms with Crippen LogP contribution in [-0.4, -0.2) is 25.7 Å². The lowest BCUT2D eigenvalue weighted by Crippen LogP contribution is -2.22. The summed E-state index contributed by atoms with van der Waals surface area (Å²) in [4.78, 5) is 10.9. The zero-order valence-electron chi connectivity index (χ0n) is 9.64. The molecule has 0 aliphatic heterocycles. The van der Waals surface area contributed by atoms with Gasteiger partial charge in [-0.15, -0.1) is 0 Å². The lowest BCUT2D eigenvalue weighted by atomic mass is 10.1. The maximum Gasteiger partial charge on any atom is 0.305 e. The third kappa shape index (κ3) is 8.05. The predicted octanol–water partition coefficient (Wildman–Crippen LogP) is 1.97. The van der Waals surface area contributed by atoms with Crippen molar-refractivity contribution in [2.75, 3.05) is 19.7 Å². The van der Waals surface area contributed by atoms with Crippen LogP contribution in [0, 0.1) is 5.92 Å². The summed E-state index contributed by atoms with van der Waals surface area (Å²) in [5, 5.41) is 3.33. The number of hydrogen-bond acceptors (Lipinski definition) is 3. The van der Waals surface area contributed by atoms with E-state index in [1.807, 2.05) is 6.92 Å². The third-order valence-electron chi connectivity index (χ3n) is 2.23. The van der Waals surface area contributed by atoms with E-state index in [1.165, 1.54) is 6.42 Å². The highest BCUT2D eigenvalue weighted by Crippen LogP contribution is 1.97. The third-order valence-corrected chi connectivity index (χ3v) is 2.23. The molecule has 0 saturated heterocycles. The Bertz CT molecular complexity index is 148. The highest BCUT2D eigenvalue weighted by molar-refractivity contribution is 5.69. The molecule has 0 aromatic carbocycles. The molecule has 3 nitrogen and oxygen atoms in total. The van der Waals surface area contributed by atoms with Gasteiger partial charge in [0, 0.05) is 6.42 Å². The molecule has 0 fully saturated rings. The van der Waals surface area contributed by atoms with Gasteiger partial charge in [0.05, 0.1) is 6.61 Å². The van der Waals surface area contributed by atoms with Crippen LogP contribution in [0.25, 0.3) is 0 Å². The van der Waals surface area contributed by atoms with Gasteiger partial charge in [-0.05, 0) is 32.4 Å². The largest absolute Gasteiger partial charge is 0.466 e. The number of carbonyl (C=O) groups is 1. The molecule has 1 atom stereocenters. The molecule has 0 bridgehead atoms. The Morgan fingerprint density at radius 1 is 1.43 bits per heavy atom. The molecule has 1 unspecified atom stereocenters. The summed E-state index contributed by atoms with van der Waals surface area (Å²) >= 11 is 0. The molecule has 1 N–H and O–H groups in total. The van der Waals surface area contributed by atoms with Gasteiger partial charge in [-0.25, -0.2) is 0 Å². The summed E-state index contributed by atoms with van der Waals surface area (Å²) in [5.74, 6) is 0.635. The fourth-order valence-electron chi connectivity index (χ4n) is 1.08. The lowest BCUT2D eigenvalue weighted by Gasteiger charge is -2.09. The highest BCUT2D eigenvalue weighted by Gasteiger charge is 2.01. The normalized spacial score (nSPS) is 12.5. The number of hydrogen-bond donors (Lipinski definition) is 1. The number of nitrogens with one attached hydrogen (secondary N) is 1. The van der Waals surface area contributed by atoms with Gasteiger partial charge in [0.15, 0.2) is 0 Å². The molecule has 0 heterocycles. The first-order chi connectivity index (χ1) is 6.70. The minimum Gasteiger partial charge on any atom is -0.466 e. The molecule has 0 radical (unpaired) electrons. The molecular formula is C11H23NO2. The number of esters is 1. The molecule has 0 amide bonds. The van der Waals surface area contributed by atoms with Crippen molar-refractivity contribution in [3.63, 3.8) is 0 Å². The maximum atomic E-state index is 10.9. The summed E-state index contributed by atoms with van der Waals surface area (Å²) in [5.41, 5.74) is 0. The SMILES string of the molecule is CCOC(=O)CCCNCC(C)CC. The first kappa shape index (κ1) is 13.4. The van der Waals surface area contributed by atoms with E-state index in [9.17, 15) is 4.79 Å². The summed E-state index contributed by atoms with van der Waals surface area (Å²) in [6, 6.07) is 0. The van der Waals surface area contributed by atoms with Crippen molar-refractivity contribution in [1.82, 2.24) is 5.32 Å². The molecule has 14 heavy (non-hydrogen) atoms. The van der Waals surface area contributed by atoms with Gasteiger partial charge in [0.1, 0.15) is 0 Å². The van der Waals surface area contributed by atoms with Crippen molar-refractivity contribution in [3.8, 4) is 0 Å². The van der Waals surface area contributed by atoms with Crippen LogP contribution < -0.4 is 5.32 Å². The number of ether oxygens (including phenoxy) is 1. The van der Waals surface area contributed by atoms with E-state index < -0.39 is 0 Å². The standard InChI is InChI=1S/C11H23NO2/c1-4-10(3)9-12-8-6-7-11(13)14-5-2/h10,12H,4-9H2,1-3H3. The van der Waals surface area contributed by atoms with Gasteiger partial charge in [-0.2, -0.15) is 0 Å². The summed E-state index contributed by atoms with van der Waals surface area (Å²) < 4.78 is 4.82. The van der Waals surface area contributed by atoms with E-state index >= 15 is 0 Å². The molecule has 0 aliphatic carbocycles.